The largest absolute Gasteiger partial charge is 0.367 e. The molecule has 2 rings (SSSR count). The lowest BCUT2D eigenvalue weighted by atomic mass is 10.5. The highest BCUT2D eigenvalue weighted by Gasteiger charge is 2.11. The van der Waals surface area contributed by atoms with Gasteiger partial charge in [-0.2, -0.15) is 17.8 Å². The molecule has 0 bridgehead atoms. The average molecular weight is 325 g/mol. The van der Waals surface area contributed by atoms with Gasteiger partial charge < -0.3 is 5.32 Å². The number of hydrogen-bond donors (Lipinski definition) is 2. The van der Waals surface area contributed by atoms with Crippen molar-refractivity contribution in [2.24, 2.45) is 0 Å². The number of hydrogen-bond acceptors (Lipinski definition) is 6. The van der Waals surface area contributed by atoms with Crippen molar-refractivity contribution in [3.05, 3.63) is 30.1 Å². The van der Waals surface area contributed by atoms with Gasteiger partial charge in [-0.25, -0.2) is 9.40 Å². The van der Waals surface area contributed by atoms with Crippen molar-refractivity contribution in [1.82, 2.24) is 29.0 Å². The zero-order chi connectivity index (χ0) is 16.2. The van der Waals surface area contributed by atoms with E-state index < -0.39 is 10.2 Å². The highest BCUT2D eigenvalue weighted by atomic mass is 32.2. The Kier molecular flexibility index (Phi) is 5.06. The van der Waals surface area contributed by atoms with Gasteiger partial charge in [-0.05, 0) is 25.1 Å². The number of rotatable bonds is 7. The second-order valence-corrected chi connectivity index (χ2v) is 6.76. The maximum atomic E-state index is 11.5. The first-order valence-corrected chi connectivity index (χ1v) is 8.10. The molecule has 0 saturated heterocycles. The average Bonchev–Trinajstić information content (AvgIpc) is 2.91. The summed E-state index contributed by atoms with van der Waals surface area (Å²) in [6.45, 7) is 2.55. The summed E-state index contributed by atoms with van der Waals surface area (Å²) in [5, 5.41) is 15.3. The van der Waals surface area contributed by atoms with E-state index in [9.17, 15) is 8.42 Å². The molecule has 0 spiro atoms. The van der Waals surface area contributed by atoms with Gasteiger partial charge in [0.25, 0.3) is 10.2 Å². The Balaban J connectivity index is 1.85. The van der Waals surface area contributed by atoms with Crippen molar-refractivity contribution in [2.75, 3.05) is 32.5 Å². The minimum atomic E-state index is -3.40. The fourth-order valence-electron chi connectivity index (χ4n) is 1.58. The maximum absolute atomic E-state index is 11.5. The molecule has 0 amide bonds. The second kappa shape index (κ2) is 6.81. The third-order valence-electron chi connectivity index (χ3n) is 2.80. The lowest BCUT2D eigenvalue weighted by Gasteiger charge is -2.12. The number of nitrogens with one attached hydrogen (secondary N) is 2. The van der Waals surface area contributed by atoms with Crippen LogP contribution in [0.1, 0.15) is 5.69 Å². The van der Waals surface area contributed by atoms with Gasteiger partial charge in [0.1, 0.15) is 5.82 Å². The summed E-state index contributed by atoms with van der Waals surface area (Å²) in [7, 11) is -0.459. The van der Waals surface area contributed by atoms with Crippen molar-refractivity contribution < 1.29 is 8.42 Å². The van der Waals surface area contributed by atoms with Gasteiger partial charge in [0.15, 0.2) is 5.82 Å². The van der Waals surface area contributed by atoms with Crippen LogP contribution in [-0.2, 0) is 10.2 Å². The number of aromatic nitrogens is 4. The van der Waals surface area contributed by atoms with Crippen LogP contribution in [0.4, 0.5) is 5.82 Å². The van der Waals surface area contributed by atoms with E-state index in [1.165, 1.54) is 14.1 Å². The van der Waals surface area contributed by atoms with Crippen LogP contribution < -0.4 is 10.0 Å². The molecule has 0 atom stereocenters. The highest BCUT2D eigenvalue weighted by Crippen LogP contribution is 2.06. The molecule has 0 aliphatic heterocycles. The fourth-order valence-corrected chi connectivity index (χ4v) is 2.20. The van der Waals surface area contributed by atoms with Gasteiger partial charge >= 0.3 is 0 Å². The van der Waals surface area contributed by atoms with Gasteiger partial charge in [-0.15, -0.1) is 10.2 Å². The number of anilines is 1. The molecule has 0 aromatic carbocycles. The Labute approximate surface area is 129 Å². The van der Waals surface area contributed by atoms with Gasteiger partial charge in [0, 0.05) is 33.4 Å². The van der Waals surface area contributed by atoms with E-state index in [1.54, 1.807) is 16.8 Å². The molecular formula is C12H19N7O2S. The van der Waals surface area contributed by atoms with E-state index in [0.717, 1.165) is 10.00 Å². The molecule has 2 aromatic rings. The van der Waals surface area contributed by atoms with Gasteiger partial charge in [0.05, 0.1) is 5.69 Å². The Morgan fingerprint density at radius 3 is 2.50 bits per heavy atom. The molecule has 0 radical (unpaired) electrons. The van der Waals surface area contributed by atoms with Crippen molar-refractivity contribution in [1.29, 1.82) is 0 Å². The molecular weight excluding hydrogens is 306 g/mol. The van der Waals surface area contributed by atoms with Crippen LogP contribution in [0.2, 0.25) is 0 Å². The summed E-state index contributed by atoms with van der Waals surface area (Å²) in [6.07, 6.45) is 1.81. The van der Waals surface area contributed by atoms with E-state index in [-0.39, 0.29) is 6.54 Å². The number of nitrogens with zero attached hydrogens (tertiary/aromatic N) is 5. The minimum Gasteiger partial charge on any atom is -0.367 e. The smallest absolute Gasteiger partial charge is 0.278 e. The molecule has 22 heavy (non-hydrogen) atoms. The predicted octanol–water partition coefficient (Wildman–Crippen LogP) is -0.221. The summed E-state index contributed by atoms with van der Waals surface area (Å²) in [6, 6.07) is 5.43. The van der Waals surface area contributed by atoms with E-state index in [0.29, 0.717) is 18.2 Å². The SMILES string of the molecule is Cc1ccn(-c2ccc(NCCNS(=O)(=O)N(C)C)nn2)n1. The third-order valence-corrected chi connectivity index (χ3v) is 4.33. The monoisotopic (exact) mass is 325 g/mol. The molecule has 0 unspecified atom stereocenters. The lowest BCUT2D eigenvalue weighted by Crippen LogP contribution is -2.38. The highest BCUT2D eigenvalue weighted by molar-refractivity contribution is 7.87. The Morgan fingerprint density at radius 1 is 1.18 bits per heavy atom. The first-order valence-electron chi connectivity index (χ1n) is 6.66. The van der Waals surface area contributed by atoms with Crippen molar-refractivity contribution in [3.63, 3.8) is 0 Å². The normalized spacial score (nSPS) is 11.8. The quantitative estimate of drug-likeness (QED) is 0.682. The zero-order valence-corrected chi connectivity index (χ0v) is 13.5. The standard InChI is InChI=1S/C12H19N7O2S/c1-10-6-9-19(17-10)12-5-4-11(15-16-12)13-7-8-14-22(20,21)18(2)3/h4-6,9,14H,7-8H2,1-3H3,(H,13,15). The molecule has 0 saturated carbocycles. The molecule has 2 N–H and O–H groups in total. The van der Waals surface area contributed by atoms with Crippen molar-refractivity contribution >= 4 is 16.0 Å². The van der Waals surface area contributed by atoms with Crippen LogP contribution in [0.5, 0.6) is 0 Å². The maximum Gasteiger partial charge on any atom is 0.278 e. The Morgan fingerprint density at radius 2 is 1.95 bits per heavy atom. The minimum absolute atomic E-state index is 0.252. The first-order chi connectivity index (χ1) is 10.4. The van der Waals surface area contributed by atoms with Crippen LogP contribution in [0, 0.1) is 6.92 Å². The molecule has 120 valence electrons. The van der Waals surface area contributed by atoms with Crippen LogP contribution in [0.15, 0.2) is 24.4 Å². The van der Waals surface area contributed by atoms with Crippen LogP contribution in [0.3, 0.4) is 0 Å². The first kappa shape index (κ1) is 16.3. The fraction of sp³-hybridized carbons (Fsp3) is 0.417. The molecule has 0 fully saturated rings. The van der Waals surface area contributed by atoms with Gasteiger partial charge in [-0.3, -0.25) is 0 Å². The summed E-state index contributed by atoms with van der Waals surface area (Å²) < 4.78 is 28.2. The van der Waals surface area contributed by atoms with Crippen LogP contribution in [-0.4, -0.2) is 59.9 Å². The summed E-state index contributed by atoms with van der Waals surface area (Å²) in [5.74, 6) is 1.18. The van der Waals surface area contributed by atoms with E-state index in [1.807, 2.05) is 19.2 Å². The summed E-state index contributed by atoms with van der Waals surface area (Å²) >= 11 is 0. The van der Waals surface area contributed by atoms with E-state index >= 15 is 0 Å². The van der Waals surface area contributed by atoms with Gasteiger partial charge in [-0.1, -0.05) is 0 Å². The van der Waals surface area contributed by atoms with Crippen LogP contribution in [0.25, 0.3) is 5.82 Å². The van der Waals surface area contributed by atoms with Crippen molar-refractivity contribution in [2.45, 2.75) is 6.92 Å². The van der Waals surface area contributed by atoms with Gasteiger partial charge in [0.2, 0.25) is 0 Å². The zero-order valence-electron chi connectivity index (χ0n) is 12.7. The topological polar surface area (TPSA) is 105 Å². The molecule has 10 heteroatoms. The predicted molar refractivity (Wildman–Crippen MR) is 83.0 cm³/mol. The molecule has 2 aromatic heterocycles. The van der Waals surface area contributed by atoms with Crippen LogP contribution >= 0.6 is 0 Å². The number of aryl methyl sites for hydroxylation is 1. The Hall–Kier alpha value is -2.04. The molecule has 2 heterocycles. The van der Waals surface area contributed by atoms with Crippen molar-refractivity contribution in [3.8, 4) is 5.82 Å². The molecule has 0 aliphatic rings. The van der Waals surface area contributed by atoms with E-state index in [2.05, 4.69) is 25.3 Å². The lowest BCUT2D eigenvalue weighted by molar-refractivity contribution is 0.507. The Bertz CT molecular complexity index is 709. The second-order valence-electron chi connectivity index (χ2n) is 4.79. The summed E-state index contributed by atoms with van der Waals surface area (Å²) in [4.78, 5) is 0. The summed E-state index contributed by atoms with van der Waals surface area (Å²) in [5.41, 5.74) is 0.900. The van der Waals surface area contributed by atoms with E-state index in [4.69, 9.17) is 0 Å². The third kappa shape index (κ3) is 4.23. The molecule has 9 nitrogen and oxygen atoms in total. The molecule has 0 aliphatic carbocycles.